The minimum atomic E-state index is -0.207. The van der Waals surface area contributed by atoms with Gasteiger partial charge in [-0.1, -0.05) is 6.42 Å². The van der Waals surface area contributed by atoms with E-state index in [2.05, 4.69) is 0 Å². The third-order valence-electron chi connectivity index (χ3n) is 2.97. The summed E-state index contributed by atoms with van der Waals surface area (Å²) in [5.41, 5.74) is 6.29. The van der Waals surface area contributed by atoms with Gasteiger partial charge in [-0.2, -0.15) is 11.3 Å². The lowest BCUT2D eigenvalue weighted by Crippen LogP contribution is -2.44. The number of Topliss-reactive ketones (excluding diaryl/α,β-unsaturated/α-hetero) is 1. The summed E-state index contributed by atoms with van der Waals surface area (Å²) < 4.78 is 0. The highest BCUT2D eigenvalue weighted by Gasteiger charge is 2.42. The van der Waals surface area contributed by atoms with Gasteiger partial charge in [0.25, 0.3) is 0 Å². The summed E-state index contributed by atoms with van der Waals surface area (Å²) in [6.45, 7) is 0.502. The summed E-state index contributed by atoms with van der Waals surface area (Å²) >= 11 is 1.57. The molecule has 0 bridgehead atoms. The minimum Gasteiger partial charge on any atom is -0.329 e. The fraction of sp³-hybridized carbons (Fsp3) is 0.500. The number of hydrogen-bond acceptors (Lipinski definition) is 3. The molecule has 1 aromatic heterocycles. The van der Waals surface area contributed by atoms with E-state index in [1.807, 2.05) is 16.8 Å². The first-order chi connectivity index (χ1) is 6.28. The Morgan fingerprint density at radius 2 is 2.38 bits per heavy atom. The zero-order chi connectivity index (χ0) is 9.31. The molecule has 1 heterocycles. The molecule has 1 fully saturated rings. The molecular weight excluding hydrogens is 182 g/mol. The van der Waals surface area contributed by atoms with E-state index in [4.69, 9.17) is 5.73 Å². The second-order valence-corrected chi connectivity index (χ2v) is 4.46. The quantitative estimate of drug-likeness (QED) is 0.750. The first-order valence-corrected chi connectivity index (χ1v) is 5.50. The van der Waals surface area contributed by atoms with E-state index in [0.29, 0.717) is 6.54 Å². The highest BCUT2D eigenvalue weighted by Crippen LogP contribution is 2.42. The molecule has 0 spiro atoms. The second-order valence-electron chi connectivity index (χ2n) is 3.68. The summed E-state index contributed by atoms with van der Waals surface area (Å²) in [4.78, 5) is 12.0. The molecule has 0 atom stereocenters. The normalized spacial score (nSPS) is 19.5. The van der Waals surface area contributed by atoms with E-state index in [1.54, 1.807) is 11.3 Å². The van der Waals surface area contributed by atoms with Crippen LogP contribution in [0.1, 0.15) is 29.6 Å². The molecule has 2 nitrogen and oxygen atoms in total. The van der Waals surface area contributed by atoms with Crippen LogP contribution in [0.2, 0.25) is 0 Å². The van der Waals surface area contributed by atoms with Gasteiger partial charge in [0.2, 0.25) is 0 Å². The van der Waals surface area contributed by atoms with Gasteiger partial charge < -0.3 is 5.73 Å². The fourth-order valence-corrected chi connectivity index (χ4v) is 2.46. The zero-order valence-electron chi connectivity index (χ0n) is 7.45. The maximum atomic E-state index is 12.0. The summed E-state index contributed by atoms with van der Waals surface area (Å²) in [5, 5.41) is 3.86. The molecule has 3 heteroatoms. The van der Waals surface area contributed by atoms with Crippen molar-refractivity contribution in [3.8, 4) is 0 Å². The van der Waals surface area contributed by atoms with Crippen molar-refractivity contribution < 1.29 is 4.79 Å². The number of carbonyl (C=O) groups is 1. The second kappa shape index (κ2) is 3.24. The Balaban J connectivity index is 2.21. The van der Waals surface area contributed by atoms with Crippen molar-refractivity contribution in [3.63, 3.8) is 0 Å². The molecule has 0 radical (unpaired) electrons. The van der Waals surface area contributed by atoms with E-state index < -0.39 is 0 Å². The summed E-state index contributed by atoms with van der Waals surface area (Å²) in [6.07, 6.45) is 3.09. The Bertz CT molecular complexity index is 295. The van der Waals surface area contributed by atoms with Crippen molar-refractivity contribution in [2.45, 2.75) is 19.3 Å². The van der Waals surface area contributed by atoms with E-state index in [9.17, 15) is 4.79 Å². The largest absolute Gasteiger partial charge is 0.329 e. The molecule has 0 aliphatic heterocycles. The van der Waals surface area contributed by atoms with E-state index in [0.717, 1.165) is 24.8 Å². The minimum absolute atomic E-state index is 0.207. The van der Waals surface area contributed by atoms with Crippen LogP contribution < -0.4 is 5.73 Å². The predicted octanol–water partition coefficient (Wildman–Crippen LogP) is 2.06. The van der Waals surface area contributed by atoms with Gasteiger partial charge in [0, 0.05) is 22.9 Å². The summed E-state index contributed by atoms with van der Waals surface area (Å²) in [6, 6.07) is 1.89. The van der Waals surface area contributed by atoms with Gasteiger partial charge in [-0.15, -0.1) is 0 Å². The Morgan fingerprint density at radius 3 is 2.77 bits per heavy atom. The Labute approximate surface area is 81.8 Å². The van der Waals surface area contributed by atoms with Crippen LogP contribution in [0.3, 0.4) is 0 Å². The van der Waals surface area contributed by atoms with Crippen LogP contribution >= 0.6 is 11.3 Å². The highest BCUT2D eigenvalue weighted by atomic mass is 32.1. The average Bonchev–Trinajstić information content (AvgIpc) is 2.54. The zero-order valence-corrected chi connectivity index (χ0v) is 8.27. The number of hydrogen-bond donors (Lipinski definition) is 1. The summed E-state index contributed by atoms with van der Waals surface area (Å²) in [5.74, 6) is 0.252. The number of carbonyl (C=O) groups excluding carboxylic acids is 1. The molecule has 2 N–H and O–H groups in total. The first kappa shape index (κ1) is 8.91. The molecule has 1 aromatic rings. The fourth-order valence-electron chi connectivity index (χ4n) is 1.83. The van der Waals surface area contributed by atoms with Crippen molar-refractivity contribution >= 4 is 17.1 Å². The van der Waals surface area contributed by atoms with Gasteiger partial charge in [0.05, 0.1) is 0 Å². The lowest BCUT2D eigenvalue weighted by molar-refractivity contribution is 0.0636. The van der Waals surface area contributed by atoms with Crippen molar-refractivity contribution in [3.05, 3.63) is 22.4 Å². The first-order valence-electron chi connectivity index (χ1n) is 4.56. The van der Waals surface area contributed by atoms with Crippen LogP contribution in [0.4, 0.5) is 0 Å². The van der Waals surface area contributed by atoms with Gasteiger partial charge >= 0.3 is 0 Å². The van der Waals surface area contributed by atoms with E-state index in [1.165, 1.54) is 0 Å². The molecule has 70 valence electrons. The Morgan fingerprint density at radius 1 is 1.62 bits per heavy atom. The van der Waals surface area contributed by atoms with Gasteiger partial charge in [0.15, 0.2) is 5.78 Å². The smallest absolute Gasteiger partial charge is 0.171 e. The Kier molecular flexibility index (Phi) is 2.22. The van der Waals surface area contributed by atoms with Crippen LogP contribution in [-0.4, -0.2) is 12.3 Å². The average molecular weight is 195 g/mol. The van der Waals surface area contributed by atoms with Crippen molar-refractivity contribution in [2.24, 2.45) is 11.1 Å². The Hall–Kier alpha value is -0.670. The van der Waals surface area contributed by atoms with Crippen molar-refractivity contribution in [1.82, 2.24) is 0 Å². The molecule has 0 amide bonds. The maximum Gasteiger partial charge on any atom is 0.171 e. The lowest BCUT2D eigenvalue weighted by atomic mass is 9.65. The molecule has 1 saturated carbocycles. The molecule has 13 heavy (non-hydrogen) atoms. The number of rotatable bonds is 3. The van der Waals surface area contributed by atoms with Crippen molar-refractivity contribution in [2.75, 3.05) is 6.54 Å². The van der Waals surface area contributed by atoms with Gasteiger partial charge in [0.1, 0.15) is 0 Å². The SMILES string of the molecule is NCC1(C(=O)c2ccsc2)CCC1. The molecule has 0 unspecified atom stereocenters. The third-order valence-corrected chi connectivity index (χ3v) is 3.65. The number of ketones is 1. The third kappa shape index (κ3) is 1.32. The van der Waals surface area contributed by atoms with Crippen LogP contribution in [-0.2, 0) is 0 Å². The lowest BCUT2D eigenvalue weighted by Gasteiger charge is -2.39. The van der Waals surface area contributed by atoms with E-state index >= 15 is 0 Å². The molecule has 1 aliphatic rings. The van der Waals surface area contributed by atoms with Crippen LogP contribution in [0.15, 0.2) is 16.8 Å². The maximum absolute atomic E-state index is 12.0. The van der Waals surface area contributed by atoms with Gasteiger partial charge in [-0.25, -0.2) is 0 Å². The molecule has 0 saturated heterocycles. The predicted molar refractivity (Wildman–Crippen MR) is 54.0 cm³/mol. The van der Waals surface area contributed by atoms with E-state index in [-0.39, 0.29) is 11.2 Å². The molecule has 0 aromatic carbocycles. The monoisotopic (exact) mass is 195 g/mol. The highest BCUT2D eigenvalue weighted by molar-refractivity contribution is 7.08. The van der Waals surface area contributed by atoms with Gasteiger partial charge in [-0.3, -0.25) is 4.79 Å². The molecule has 1 aliphatic carbocycles. The van der Waals surface area contributed by atoms with Crippen LogP contribution in [0.5, 0.6) is 0 Å². The van der Waals surface area contributed by atoms with Crippen molar-refractivity contribution in [1.29, 1.82) is 0 Å². The van der Waals surface area contributed by atoms with Gasteiger partial charge in [-0.05, 0) is 24.3 Å². The number of nitrogens with two attached hydrogens (primary N) is 1. The summed E-state index contributed by atoms with van der Waals surface area (Å²) in [7, 11) is 0. The van der Waals surface area contributed by atoms with Crippen LogP contribution in [0, 0.1) is 5.41 Å². The molecule has 2 rings (SSSR count). The number of thiophene rings is 1. The van der Waals surface area contributed by atoms with Crippen LogP contribution in [0.25, 0.3) is 0 Å². The topological polar surface area (TPSA) is 43.1 Å². The standard InChI is InChI=1S/C10H13NOS/c11-7-10(3-1-4-10)9(12)8-2-5-13-6-8/h2,5-6H,1,3-4,7,11H2. The molecular formula is C10H13NOS.